The van der Waals surface area contributed by atoms with Crippen molar-refractivity contribution in [1.82, 2.24) is 15.0 Å². The molecule has 3 aliphatic carbocycles. The van der Waals surface area contributed by atoms with Gasteiger partial charge in [-0.1, -0.05) is 33.8 Å². The lowest BCUT2D eigenvalue weighted by molar-refractivity contribution is -0.162. The molecule has 0 spiro atoms. The highest BCUT2D eigenvalue weighted by molar-refractivity contribution is 7.85. The summed E-state index contributed by atoms with van der Waals surface area (Å²) in [5.41, 5.74) is 2.63. The number of nitriles is 1. The lowest BCUT2D eigenvalue weighted by Gasteiger charge is -2.45. The number of imidazole rings is 1. The van der Waals surface area contributed by atoms with Crippen LogP contribution in [0.5, 0.6) is 0 Å². The topological polar surface area (TPSA) is 175 Å². The van der Waals surface area contributed by atoms with E-state index in [0.717, 1.165) is 49.9 Å². The van der Waals surface area contributed by atoms with Gasteiger partial charge in [-0.3, -0.25) is 19.1 Å². The largest absolute Gasteiger partial charge is 0.370 e. The summed E-state index contributed by atoms with van der Waals surface area (Å²) in [7, 11) is -4.08. The number of fused-ring (bicyclic) bond motifs is 2. The molecule has 4 aliphatic rings. The van der Waals surface area contributed by atoms with Crippen LogP contribution in [0.2, 0.25) is 0 Å². The summed E-state index contributed by atoms with van der Waals surface area (Å²) in [6, 6.07) is 5.95. The van der Waals surface area contributed by atoms with Crippen LogP contribution in [-0.2, 0) is 19.6 Å². The van der Waals surface area contributed by atoms with Crippen LogP contribution in [0.3, 0.4) is 0 Å². The first-order valence-electron chi connectivity index (χ1n) is 17.2. The number of anilines is 1. The van der Waals surface area contributed by atoms with Gasteiger partial charge in [0.05, 0.1) is 39.9 Å². The van der Waals surface area contributed by atoms with Gasteiger partial charge in [0.1, 0.15) is 17.5 Å². The summed E-state index contributed by atoms with van der Waals surface area (Å²) in [5, 5.41) is 12.0. The molecule has 0 radical (unpaired) electrons. The van der Waals surface area contributed by atoms with Gasteiger partial charge in [0.25, 0.3) is 16.0 Å². The number of hydrogen-bond acceptors (Lipinski definition) is 8. The maximum atomic E-state index is 12.9. The fourth-order valence-corrected chi connectivity index (χ4v) is 10.0. The van der Waals surface area contributed by atoms with Crippen molar-refractivity contribution >= 4 is 33.1 Å². The molecule has 1 aliphatic heterocycles. The molecule has 12 heteroatoms. The quantitative estimate of drug-likeness (QED) is 0.263. The third kappa shape index (κ3) is 7.84. The fraction of sp³-hybridized carbons (Fsp3) is 0.649. The number of rotatable bonds is 6. The van der Waals surface area contributed by atoms with Crippen LogP contribution in [0.15, 0.2) is 24.4 Å². The molecule has 0 unspecified atom stereocenters. The molecule has 1 saturated heterocycles. The number of nitrogens with one attached hydrogen (secondary N) is 2. The SMILES string of the molecule is CC1(C)CC=C(c2nc(C3CC(C)(C)OC(C)(C)C3)ccc2NC(=O)c2ncc(C#N)[nH]2)CC1.CC1(C)[C@H]2CC[C@]1(CS(=O)(=O)O)C(=O)C2. The number of aromatic amines is 1. The molecule has 2 aromatic heterocycles. The van der Waals surface area contributed by atoms with E-state index in [1.54, 1.807) is 0 Å². The number of allylic oxidation sites excluding steroid dienone is 2. The summed E-state index contributed by atoms with van der Waals surface area (Å²) in [4.78, 5) is 36.7. The predicted molar refractivity (Wildman–Crippen MR) is 187 cm³/mol. The Morgan fingerprint density at radius 1 is 1.10 bits per heavy atom. The Hall–Kier alpha value is -3.40. The molecular formula is C37H51N5O6S. The van der Waals surface area contributed by atoms with Gasteiger partial charge >= 0.3 is 0 Å². The van der Waals surface area contributed by atoms with E-state index >= 15 is 0 Å². The van der Waals surface area contributed by atoms with E-state index in [2.05, 4.69) is 62.9 Å². The summed E-state index contributed by atoms with van der Waals surface area (Å²) < 4.78 is 37.3. The highest BCUT2D eigenvalue weighted by atomic mass is 32.2. The van der Waals surface area contributed by atoms with Crippen LogP contribution < -0.4 is 5.32 Å². The normalized spacial score (nSPS) is 26.7. The maximum Gasteiger partial charge on any atom is 0.291 e. The number of carbonyl (C=O) groups excluding carboxylic acids is 2. The van der Waals surface area contributed by atoms with Crippen molar-refractivity contribution in [3.63, 3.8) is 0 Å². The molecule has 2 saturated carbocycles. The van der Waals surface area contributed by atoms with Gasteiger partial charge in [-0.2, -0.15) is 13.7 Å². The number of hydrogen-bond donors (Lipinski definition) is 3. The number of carbonyl (C=O) groups is 2. The van der Waals surface area contributed by atoms with Crippen LogP contribution in [0.1, 0.15) is 140 Å². The number of amides is 1. The predicted octanol–water partition coefficient (Wildman–Crippen LogP) is 7.24. The molecule has 3 heterocycles. The molecule has 2 aromatic rings. The molecule has 266 valence electrons. The number of ether oxygens (including phenoxy) is 1. The van der Waals surface area contributed by atoms with E-state index < -0.39 is 21.3 Å². The lowest BCUT2D eigenvalue weighted by Crippen LogP contribution is -2.44. The van der Waals surface area contributed by atoms with Crippen LogP contribution in [0.25, 0.3) is 5.57 Å². The molecule has 1 amide bonds. The minimum Gasteiger partial charge on any atom is -0.370 e. The Labute approximate surface area is 290 Å². The molecule has 11 nitrogen and oxygen atoms in total. The number of aromatic nitrogens is 3. The highest BCUT2D eigenvalue weighted by Gasteiger charge is 2.65. The minimum atomic E-state index is -4.08. The van der Waals surface area contributed by atoms with Crippen molar-refractivity contribution in [1.29, 1.82) is 5.26 Å². The molecule has 3 fully saturated rings. The van der Waals surface area contributed by atoms with Crippen LogP contribution in [0.4, 0.5) is 5.69 Å². The van der Waals surface area contributed by atoms with Gasteiger partial charge in [-0.05, 0) is 107 Å². The van der Waals surface area contributed by atoms with Crippen molar-refractivity contribution in [2.24, 2.45) is 22.2 Å². The van der Waals surface area contributed by atoms with Gasteiger partial charge in [0.15, 0.2) is 5.82 Å². The summed E-state index contributed by atoms with van der Waals surface area (Å²) in [6.07, 6.45) is 10.3. The third-order valence-corrected chi connectivity index (χ3v) is 12.2. The monoisotopic (exact) mass is 693 g/mol. The number of nitrogens with zero attached hydrogens (tertiary/aromatic N) is 3. The second-order valence-corrected chi connectivity index (χ2v) is 18.5. The van der Waals surface area contributed by atoms with Crippen molar-refractivity contribution in [2.45, 2.75) is 124 Å². The Morgan fingerprint density at radius 3 is 2.29 bits per heavy atom. The average molecular weight is 694 g/mol. The second-order valence-electron chi connectivity index (χ2n) is 17.1. The second kappa shape index (κ2) is 12.7. The Kier molecular flexibility index (Phi) is 9.58. The highest BCUT2D eigenvalue weighted by Crippen LogP contribution is 2.64. The minimum absolute atomic E-state index is 0.0152. The fourth-order valence-electron chi connectivity index (χ4n) is 8.73. The zero-order chi connectivity index (χ0) is 36.2. The Balaban J connectivity index is 0.000000259. The molecule has 6 rings (SSSR count). The summed E-state index contributed by atoms with van der Waals surface area (Å²) >= 11 is 0. The Bertz CT molecular complexity index is 1800. The molecule has 49 heavy (non-hydrogen) atoms. The van der Waals surface area contributed by atoms with Crippen molar-refractivity contribution in [2.75, 3.05) is 11.1 Å². The van der Waals surface area contributed by atoms with Crippen LogP contribution in [-0.4, -0.2) is 56.6 Å². The molecule has 2 bridgehead atoms. The molecule has 0 aromatic carbocycles. The molecule has 3 N–H and O–H groups in total. The van der Waals surface area contributed by atoms with E-state index in [1.807, 2.05) is 32.0 Å². The van der Waals surface area contributed by atoms with Crippen molar-refractivity contribution in [3.05, 3.63) is 47.3 Å². The smallest absolute Gasteiger partial charge is 0.291 e. The van der Waals surface area contributed by atoms with Crippen molar-refractivity contribution < 1.29 is 27.3 Å². The number of H-pyrrole nitrogens is 1. The zero-order valence-corrected chi connectivity index (χ0v) is 30.9. The summed E-state index contributed by atoms with van der Waals surface area (Å²) in [6.45, 7) is 17.0. The van der Waals surface area contributed by atoms with Gasteiger partial charge in [-0.15, -0.1) is 0 Å². The van der Waals surface area contributed by atoms with Gasteiger partial charge < -0.3 is 15.0 Å². The third-order valence-electron chi connectivity index (χ3n) is 11.4. The van der Waals surface area contributed by atoms with E-state index in [-0.39, 0.29) is 57.1 Å². The molecule has 2 atom stereocenters. The van der Waals surface area contributed by atoms with Gasteiger partial charge in [0, 0.05) is 18.0 Å². The Morgan fingerprint density at radius 2 is 1.78 bits per heavy atom. The number of Topliss-reactive ketones (excluding diaryl/α,β-unsaturated/α-hetero) is 1. The number of pyridine rings is 1. The van der Waals surface area contributed by atoms with Gasteiger partial charge in [0.2, 0.25) is 0 Å². The van der Waals surface area contributed by atoms with Crippen molar-refractivity contribution in [3.8, 4) is 6.07 Å². The van der Waals surface area contributed by atoms with Crippen LogP contribution >= 0.6 is 0 Å². The average Bonchev–Trinajstić information content (AvgIpc) is 3.59. The number of ketones is 1. The first kappa shape index (κ1) is 36.9. The first-order valence-corrected chi connectivity index (χ1v) is 18.8. The van der Waals surface area contributed by atoms with Crippen LogP contribution in [0, 0.1) is 33.5 Å². The van der Waals surface area contributed by atoms with E-state index in [4.69, 9.17) is 19.5 Å². The van der Waals surface area contributed by atoms with E-state index in [1.165, 1.54) is 11.8 Å². The first-order chi connectivity index (χ1) is 22.6. The van der Waals surface area contributed by atoms with E-state index in [0.29, 0.717) is 18.5 Å². The standard InChI is InChI=1S/C27H35N5O2.C10H16O4S/c1-25(2)11-9-17(10-12-25)22-21(32-24(33)23-29-16-19(15-28)30-23)8-7-20(31-22)18-13-26(3,4)34-27(5,6)14-18;1-9(2)7-3-4-10(9,8(11)5-7)6-15(12,13)14/h7-9,16,18H,10-14H2,1-6H3,(H,29,30)(H,32,33);7H,3-6H2,1-2H3,(H,12,13,14)/t;7-,10-/m.0/s1. The summed E-state index contributed by atoms with van der Waals surface area (Å²) in [5.74, 6) is -0.109. The molecular weight excluding hydrogens is 643 g/mol. The zero-order valence-electron chi connectivity index (χ0n) is 30.1. The van der Waals surface area contributed by atoms with E-state index in [9.17, 15) is 18.0 Å². The lowest BCUT2D eigenvalue weighted by atomic mass is 9.70. The van der Waals surface area contributed by atoms with Gasteiger partial charge in [-0.25, -0.2) is 4.98 Å². The maximum absolute atomic E-state index is 12.9.